The summed E-state index contributed by atoms with van der Waals surface area (Å²) in [7, 11) is -3.07. The average Bonchev–Trinajstić information content (AvgIpc) is 2.17. The molecular weight excluding hydrogens is 250 g/mol. The molecule has 2 heterocycles. The first-order valence-electron chi connectivity index (χ1n) is 6.68. The summed E-state index contributed by atoms with van der Waals surface area (Å²) < 4.78 is 22.9. The molecular formula is C13H23NO3S. The standard InChI is InChI=1S/C13H23NO3S/c1-13(2,18(3,16)17)9-14-10-5-4-6-11(14)8-12(15)7-10/h10-11H,4-9H2,1-3H3. The Bertz CT molecular complexity index is 425. The molecule has 0 aromatic rings. The van der Waals surface area contributed by atoms with E-state index in [-0.39, 0.29) is 12.1 Å². The molecule has 2 saturated heterocycles. The number of carbonyl (C=O) groups excluding carboxylic acids is 1. The number of rotatable bonds is 3. The number of hydrogen-bond donors (Lipinski definition) is 0. The van der Waals surface area contributed by atoms with Crippen LogP contribution in [-0.4, -0.2) is 48.7 Å². The summed E-state index contributed by atoms with van der Waals surface area (Å²) in [5.74, 6) is 0.345. The Balaban J connectivity index is 2.16. The fourth-order valence-corrected chi connectivity index (χ4v) is 3.47. The first-order chi connectivity index (χ1) is 8.21. The van der Waals surface area contributed by atoms with Gasteiger partial charge >= 0.3 is 0 Å². The van der Waals surface area contributed by atoms with Crippen molar-refractivity contribution in [3.8, 4) is 0 Å². The van der Waals surface area contributed by atoms with Crippen molar-refractivity contribution >= 4 is 15.6 Å². The fraction of sp³-hybridized carbons (Fsp3) is 0.923. The molecule has 2 unspecified atom stereocenters. The number of hydrogen-bond acceptors (Lipinski definition) is 4. The first kappa shape index (κ1) is 14.0. The molecule has 2 aliphatic rings. The van der Waals surface area contributed by atoms with Gasteiger partial charge in [-0.05, 0) is 26.7 Å². The minimum absolute atomic E-state index is 0.269. The van der Waals surface area contributed by atoms with Crippen molar-refractivity contribution in [2.75, 3.05) is 12.8 Å². The summed E-state index contributed by atoms with van der Waals surface area (Å²) >= 11 is 0. The number of piperidine rings is 2. The summed E-state index contributed by atoms with van der Waals surface area (Å²) in [6.07, 6.45) is 5.74. The molecule has 0 radical (unpaired) electrons. The molecule has 0 saturated carbocycles. The molecule has 0 aliphatic carbocycles. The van der Waals surface area contributed by atoms with Gasteiger partial charge in [-0.15, -0.1) is 0 Å². The minimum Gasteiger partial charge on any atom is -0.300 e. The van der Waals surface area contributed by atoms with E-state index in [0.717, 1.165) is 12.8 Å². The maximum Gasteiger partial charge on any atom is 0.153 e. The van der Waals surface area contributed by atoms with E-state index in [1.807, 2.05) is 0 Å². The SMILES string of the molecule is CC(C)(CN1C2CCCC1CC(=O)C2)S(C)(=O)=O. The van der Waals surface area contributed by atoms with Gasteiger partial charge in [0.2, 0.25) is 0 Å². The van der Waals surface area contributed by atoms with E-state index in [4.69, 9.17) is 0 Å². The molecule has 0 N–H and O–H groups in total. The van der Waals surface area contributed by atoms with Gasteiger partial charge < -0.3 is 0 Å². The van der Waals surface area contributed by atoms with Crippen LogP contribution in [0.3, 0.4) is 0 Å². The third kappa shape index (κ3) is 2.62. The van der Waals surface area contributed by atoms with E-state index in [0.29, 0.717) is 25.2 Å². The molecule has 0 amide bonds. The summed E-state index contributed by atoms with van der Waals surface area (Å²) in [5.41, 5.74) is 0. The Morgan fingerprint density at radius 2 is 1.72 bits per heavy atom. The number of carbonyl (C=O) groups is 1. The van der Waals surface area contributed by atoms with Gasteiger partial charge in [0.05, 0.1) is 4.75 Å². The summed E-state index contributed by atoms with van der Waals surface area (Å²) in [4.78, 5) is 13.9. The lowest BCUT2D eigenvalue weighted by molar-refractivity contribution is -0.127. The van der Waals surface area contributed by atoms with Gasteiger partial charge in [-0.25, -0.2) is 8.42 Å². The molecule has 104 valence electrons. The summed E-state index contributed by atoms with van der Waals surface area (Å²) in [6.45, 7) is 4.12. The molecule has 2 rings (SSSR count). The van der Waals surface area contributed by atoms with Crippen LogP contribution in [0.25, 0.3) is 0 Å². The molecule has 18 heavy (non-hydrogen) atoms. The highest BCUT2D eigenvalue weighted by atomic mass is 32.2. The Morgan fingerprint density at radius 3 is 2.17 bits per heavy atom. The predicted molar refractivity (Wildman–Crippen MR) is 71.3 cm³/mol. The fourth-order valence-electron chi connectivity index (χ4n) is 3.08. The van der Waals surface area contributed by atoms with Crippen molar-refractivity contribution in [2.45, 2.75) is 62.8 Å². The Hall–Kier alpha value is -0.420. The van der Waals surface area contributed by atoms with Gasteiger partial charge in [-0.3, -0.25) is 9.69 Å². The lowest BCUT2D eigenvalue weighted by Crippen LogP contribution is -2.57. The van der Waals surface area contributed by atoms with E-state index >= 15 is 0 Å². The van der Waals surface area contributed by atoms with E-state index < -0.39 is 14.6 Å². The maximum atomic E-state index is 11.8. The highest BCUT2D eigenvalue weighted by Gasteiger charge is 2.42. The van der Waals surface area contributed by atoms with E-state index in [9.17, 15) is 13.2 Å². The van der Waals surface area contributed by atoms with Gasteiger partial charge in [0.15, 0.2) is 9.84 Å². The minimum atomic E-state index is -3.07. The number of nitrogens with zero attached hydrogens (tertiary/aromatic N) is 1. The largest absolute Gasteiger partial charge is 0.300 e. The molecule has 2 atom stereocenters. The second-order valence-corrected chi connectivity index (χ2v) is 9.04. The van der Waals surface area contributed by atoms with Crippen LogP contribution in [0.5, 0.6) is 0 Å². The van der Waals surface area contributed by atoms with Gasteiger partial charge in [-0.1, -0.05) is 6.42 Å². The van der Waals surface area contributed by atoms with Crippen LogP contribution in [-0.2, 0) is 14.6 Å². The van der Waals surface area contributed by atoms with E-state index in [2.05, 4.69) is 4.90 Å². The lowest BCUT2D eigenvalue weighted by Gasteiger charge is -2.48. The molecule has 0 spiro atoms. The van der Waals surface area contributed by atoms with Crippen molar-refractivity contribution in [1.29, 1.82) is 0 Å². The first-order valence-corrected chi connectivity index (χ1v) is 8.57. The second-order valence-electron chi connectivity index (χ2n) is 6.39. The zero-order chi connectivity index (χ0) is 13.6. The zero-order valence-corrected chi connectivity index (χ0v) is 12.3. The van der Waals surface area contributed by atoms with Crippen LogP contribution >= 0.6 is 0 Å². The van der Waals surface area contributed by atoms with Crippen molar-refractivity contribution < 1.29 is 13.2 Å². The lowest BCUT2D eigenvalue weighted by atomic mass is 9.83. The number of fused-ring (bicyclic) bond motifs is 2. The van der Waals surface area contributed by atoms with Crippen molar-refractivity contribution in [2.24, 2.45) is 0 Å². The monoisotopic (exact) mass is 273 g/mol. The smallest absolute Gasteiger partial charge is 0.153 e. The quantitative estimate of drug-likeness (QED) is 0.780. The second kappa shape index (κ2) is 4.60. The normalized spacial score (nSPS) is 30.5. The third-order valence-corrected chi connectivity index (χ3v) is 6.64. The average molecular weight is 273 g/mol. The molecule has 0 aromatic heterocycles. The van der Waals surface area contributed by atoms with Crippen molar-refractivity contribution in [3.05, 3.63) is 0 Å². The van der Waals surface area contributed by atoms with Crippen molar-refractivity contribution in [1.82, 2.24) is 4.90 Å². The molecule has 2 bridgehead atoms. The number of sulfone groups is 1. The van der Waals surface area contributed by atoms with E-state index in [1.54, 1.807) is 13.8 Å². The van der Waals surface area contributed by atoms with Gasteiger partial charge in [0.25, 0.3) is 0 Å². The Morgan fingerprint density at radius 1 is 1.22 bits per heavy atom. The van der Waals surface area contributed by atoms with Gasteiger partial charge in [0, 0.05) is 37.7 Å². The number of Topliss-reactive ketones (excluding diaryl/α,β-unsaturated/α-hetero) is 1. The number of ketones is 1. The molecule has 5 heteroatoms. The zero-order valence-electron chi connectivity index (χ0n) is 11.5. The van der Waals surface area contributed by atoms with Gasteiger partial charge in [0.1, 0.15) is 5.78 Å². The maximum absolute atomic E-state index is 11.8. The van der Waals surface area contributed by atoms with Crippen LogP contribution in [0, 0.1) is 0 Å². The summed E-state index contributed by atoms with van der Waals surface area (Å²) in [5, 5.41) is 0. The molecule has 4 nitrogen and oxygen atoms in total. The van der Waals surface area contributed by atoms with Crippen LogP contribution in [0.15, 0.2) is 0 Å². The third-order valence-electron chi connectivity index (χ3n) is 4.51. The Labute approximate surface area is 110 Å². The van der Waals surface area contributed by atoms with Crippen LogP contribution in [0.1, 0.15) is 46.0 Å². The molecule has 0 aromatic carbocycles. The van der Waals surface area contributed by atoms with Crippen molar-refractivity contribution in [3.63, 3.8) is 0 Å². The highest BCUT2D eigenvalue weighted by molar-refractivity contribution is 7.92. The Kier molecular flexibility index (Phi) is 3.58. The van der Waals surface area contributed by atoms with Gasteiger partial charge in [-0.2, -0.15) is 0 Å². The molecule has 2 aliphatic heterocycles. The highest BCUT2D eigenvalue weighted by Crippen LogP contribution is 2.34. The van der Waals surface area contributed by atoms with Crippen LogP contribution < -0.4 is 0 Å². The molecule has 2 fully saturated rings. The van der Waals surface area contributed by atoms with Crippen LogP contribution in [0.2, 0.25) is 0 Å². The summed E-state index contributed by atoms with van der Waals surface area (Å²) in [6, 6.07) is 0.539. The van der Waals surface area contributed by atoms with E-state index in [1.165, 1.54) is 12.7 Å². The topological polar surface area (TPSA) is 54.5 Å². The predicted octanol–water partition coefficient (Wildman–Crippen LogP) is 1.40. The van der Waals surface area contributed by atoms with Crippen LogP contribution in [0.4, 0.5) is 0 Å².